The van der Waals surface area contributed by atoms with E-state index in [-0.39, 0.29) is 5.91 Å². The number of carbonyl (C=O) groups excluding carboxylic acids is 1. The van der Waals surface area contributed by atoms with Gasteiger partial charge < -0.3 is 10.1 Å². The second-order valence-electron chi connectivity index (χ2n) is 3.46. The third-order valence-corrected chi connectivity index (χ3v) is 2.70. The third-order valence-electron chi connectivity index (χ3n) is 2.17. The van der Waals surface area contributed by atoms with Crippen molar-refractivity contribution >= 4 is 21.8 Å². The Bertz CT molecular complexity index is 324. The molecular weight excluding hydrogens is 270 g/mol. The molecule has 0 bridgehead atoms. The molecule has 0 heterocycles. The molecule has 0 saturated carbocycles. The minimum absolute atomic E-state index is 0.0232. The van der Waals surface area contributed by atoms with Crippen LogP contribution in [0.5, 0.6) is 0 Å². The van der Waals surface area contributed by atoms with Crippen LogP contribution in [0, 0.1) is 0 Å². The minimum Gasteiger partial charge on any atom is -0.385 e. The van der Waals surface area contributed by atoms with E-state index >= 15 is 0 Å². The van der Waals surface area contributed by atoms with Crippen LogP contribution in [-0.2, 0) is 4.74 Å². The van der Waals surface area contributed by atoms with E-state index in [4.69, 9.17) is 4.74 Å². The molecule has 0 spiro atoms. The lowest BCUT2D eigenvalue weighted by molar-refractivity contribution is 0.0951. The van der Waals surface area contributed by atoms with Gasteiger partial charge in [-0.1, -0.05) is 15.9 Å². The second kappa shape index (κ2) is 7.41. The van der Waals surface area contributed by atoms with E-state index in [0.717, 1.165) is 23.9 Å². The van der Waals surface area contributed by atoms with Gasteiger partial charge in [-0.3, -0.25) is 4.79 Å². The predicted octanol–water partition coefficient (Wildman–Crippen LogP) is 2.61. The van der Waals surface area contributed by atoms with Crippen LogP contribution in [-0.4, -0.2) is 26.2 Å². The zero-order valence-corrected chi connectivity index (χ0v) is 10.9. The maximum Gasteiger partial charge on any atom is 0.251 e. The summed E-state index contributed by atoms with van der Waals surface area (Å²) in [6.07, 6.45) is 1.91. The average molecular weight is 286 g/mol. The van der Waals surface area contributed by atoms with Crippen LogP contribution in [0.1, 0.15) is 23.2 Å². The molecule has 0 aliphatic heterocycles. The number of hydrogen-bond donors (Lipinski definition) is 1. The Hall–Kier alpha value is -0.870. The van der Waals surface area contributed by atoms with Crippen molar-refractivity contribution in [2.45, 2.75) is 12.8 Å². The summed E-state index contributed by atoms with van der Waals surface area (Å²) in [6, 6.07) is 7.32. The summed E-state index contributed by atoms with van der Waals surface area (Å²) >= 11 is 3.33. The van der Waals surface area contributed by atoms with Gasteiger partial charge in [0, 0.05) is 30.3 Å². The fourth-order valence-corrected chi connectivity index (χ4v) is 1.54. The first-order valence-electron chi connectivity index (χ1n) is 5.26. The molecule has 0 aliphatic rings. The molecular formula is C12H16BrNO2. The SMILES string of the molecule is COCCCCNC(=O)c1ccc(Br)cc1. The minimum atomic E-state index is -0.0232. The smallest absolute Gasteiger partial charge is 0.251 e. The summed E-state index contributed by atoms with van der Waals surface area (Å²) in [4.78, 5) is 11.6. The molecule has 1 aromatic carbocycles. The lowest BCUT2D eigenvalue weighted by Gasteiger charge is -2.04. The Labute approximate surface area is 104 Å². The normalized spacial score (nSPS) is 10.1. The summed E-state index contributed by atoms with van der Waals surface area (Å²) in [6.45, 7) is 1.44. The van der Waals surface area contributed by atoms with Crippen molar-refractivity contribution in [3.05, 3.63) is 34.3 Å². The quantitative estimate of drug-likeness (QED) is 0.816. The molecule has 3 nitrogen and oxygen atoms in total. The van der Waals surface area contributed by atoms with Gasteiger partial charge in [-0.05, 0) is 37.1 Å². The highest BCUT2D eigenvalue weighted by Crippen LogP contribution is 2.10. The van der Waals surface area contributed by atoms with Crippen molar-refractivity contribution < 1.29 is 9.53 Å². The molecule has 1 amide bonds. The summed E-state index contributed by atoms with van der Waals surface area (Å²) < 4.78 is 5.90. The molecule has 0 fully saturated rings. The van der Waals surface area contributed by atoms with E-state index < -0.39 is 0 Å². The molecule has 0 aliphatic carbocycles. The van der Waals surface area contributed by atoms with E-state index in [2.05, 4.69) is 21.2 Å². The van der Waals surface area contributed by atoms with Crippen molar-refractivity contribution in [1.82, 2.24) is 5.32 Å². The van der Waals surface area contributed by atoms with Gasteiger partial charge in [0.05, 0.1) is 0 Å². The van der Waals surface area contributed by atoms with Gasteiger partial charge in [-0.2, -0.15) is 0 Å². The highest BCUT2D eigenvalue weighted by Gasteiger charge is 2.03. The fraction of sp³-hybridized carbons (Fsp3) is 0.417. The first kappa shape index (κ1) is 13.2. The first-order valence-corrected chi connectivity index (χ1v) is 6.06. The van der Waals surface area contributed by atoms with Gasteiger partial charge in [-0.25, -0.2) is 0 Å². The number of hydrogen-bond acceptors (Lipinski definition) is 2. The number of amides is 1. The molecule has 0 unspecified atom stereocenters. The van der Waals surface area contributed by atoms with Crippen LogP contribution in [0.25, 0.3) is 0 Å². The molecule has 16 heavy (non-hydrogen) atoms. The number of rotatable bonds is 6. The molecule has 0 aromatic heterocycles. The van der Waals surface area contributed by atoms with Crippen LogP contribution in [0.4, 0.5) is 0 Å². The van der Waals surface area contributed by atoms with Crippen LogP contribution in [0.15, 0.2) is 28.7 Å². The molecule has 1 rings (SSSR count). The first-order chi connectivity index (χ1) is 7.74. The van der Waals surface area contributed by atoms with Crippen molar-refractivity contribution in [3.63, 3.8) is 0 Å². The number of ether oxygens (including phenoxy) is 1. The number of unbranched alkanes of at least 4 members (excludes halogenated alkanes) is 1. The Morgan fingerprint density at radius 1 is 1.31 bits per heavy atom. The monoisotopic (exact) mass is 285 g/mol. The predicted molar refractivity (Wildman–Crippen MR) is 67.6 cm³/mol. The Balaban J connectivity index is 2.27. The zero-order chi connectivity index (χ0) is 11.8. The molecule has 0 atom stereocenters. The molecule has 1 N–H and O–H groups in total. The highest BCUT2D eigenvalue weighted by molar-refractivity contribution is 9.10. The van der Waals surface area contributed by atoms with Crippen molar-refractivity contribution in [3.8, 4) is 0 Å². The number of carbonyl (C=O) groups is 1. The van der Waals surface area contributed by atoms with Crippen molar-refractivity contribution in [1.29, 1.82) is 0 Å². The van der Waals surface area contributed by atoms with E-state index in [1.165, 1.54) is 0 Å². The fourth-order valence-electron chi connectivity index (χ4n) is 1.28. The van der Waals surface area contributed by atoms with E-state index in [9.17, 15) is 4.79 Å². The highest BCUT2D eigenvalue weighted by atomic mass is 79.9. The maximum atomic E-state index is 11.6. The lowest BCUT2D eigenvalue weighted by Crippen LogP contribution is -2.24. The van der Waals surface area contributed by atoms with Gasteiger partial charge in [0.15, 0.2) is 0 Å². The number of benzene rings is 1. The Kier molecular flexibility index (Phi) is 6.11. The van der Waals surface area contributed by atoms with Crippen LogP contribution >= 0.6 is 15.9 Å². The van der Waals surface area contributed by atoms with Crippen LogP contribution in [0.2, 0.25) is 0 Å². The summed E-state index contributed by atoms with van der Waals surface area (Å²) in [5.74, 6) is -0.0232. The summed E-state index contributed by atoms with van der Waals surface area (Å²) in [5, 5.41) is 2.87. The lowest BCUT2D eigenvalue weighted by atomic mass is 10.2. The van der Waals surface area contributed by atoms with Gasteiger partial charge in [0.25, 0.3) is 5.91 Å². The van der Waals surface area contributed by atoms with Gasteiger partial charge in [0.1, 0.15) is 0 Å². The van der Waals surface area contributed by atoms with Gasteiger partial charge in [-0.15, -0.1) is 0 Å². The van der Waals surface area contributed by atoms with Crippen molar-refractivity contribution in [2.24, 2.45) is 0 Å². The van der Waals surface area contributed by atoms with Gasteiger partial charge in [0.2, 0.25) is 0 Å². The Morgan fingerprint density at radius 2 is 2.00 bits per heavy atom. The average Bonchev–Trinajstić information content (AvgIpc) is 2.29. The summed E-state index contributed by atoms with van der Waals surface area (Å²) in [7, 11) is 1.68. The van der Waals surface area contributed by atoms with E-state index in [1.807, 2.05) is 12.1 Å². The topological polar surface area (TPSA) is 38.3 Å². The molecule has 0 radical (unpaired) electrons. The zero-order valence-electron chi connectivity index (χ0n) is 9.33. The van der Waals surface area contributed by atoms with Gasteiger partial charge >= 0.3 is 0 Å². The van der Waals surface area contributed by atoms with E-state index in [0.29, 0.717) is 12.1 Å². The number of halogens is 1. The third kappa shape index (κ3) is 4.77. The summed E-state index contributed by atoms with van der Waals surface area (Å²) in [5.41, 5.74) is 0.690. The molecule has 1 aromatic rings. The molecule has 88 valence electrons. The van der Waals surface area contributed by atoms with Crippen molar-refractivity contribution in [2.75, 3.05) is 20.3 Å². The number of nitrogens with one attached hydrogen (secondary N) is 1. The molecule has 0 saturated heterocycles. The van der Waals surface area contributed by atoms with Crippen LogP contribution < -0.4 is 5.32 Å². The second-order valence-corrected chi connectivity index (χ2v) is 4.38. The van der Waals surface area contributed by atoms with Crippen LogP contribution in [0.3, 0.4) is 0 Å². The molecule has 4 heteroatoms. The maximum absolute atomic E-state index is 11.6. The number of methoxy groups -OCH3 is 1. The Morgan fingerprint density at radius 3 is 2.62 bits per heavy atom. The largest absolute Gasteiger partial charge is 0.385 e. The van der Waals surface area contributed by atoms with E-state index in [1.54, 1.807) is 19.2 Å². The standard InChI is InChI=1S/C12H16BrNO2/c1-16-9-3-2-8-14-12(15)10-4-6-11(13)7-5-10/h4-7H,2-3,8-9H2,1H3,(H,14,15).